The molecule has 66 valence electrons. The fraction of sp³-hybridized carbons (Fsp3) is 0.800. The molecule has 0 spiro atoms. The second-order valence-electron chi connectivity index (χ2n) is 2.14. The Bertz CT molecular complexity index is 173. The zero-order valence-corrected chi connectivity index (χ0v) is 8.11. The van der Waals surface area contributed by atoms with Gasteiger partial charge >= 0.3 is 6.09 Å². The zero-order chi connectivity index (χ0) is 9.02. The SMILES string of the molecule is CC(C)OC(=O)N(C)S(=O)Cl. The van der Waals surface area contributed by atoms with Gasteiger partial charge in [-0.25, -0.2) is 13.3 Å². The van der Waals surface area contributed by atoms with Crippen molar-refractivity contribution in [2.24, 2.45) is 0 Å². The van der Waals surface area contributed by atoms with Crippen molar-refractivity contribution in [3.05, 3.63) is 0 Å². The maximum Gasteiger partial charge on any atom is 0.422 e. The highest BCUT2D eigenvalue weighted by molar-refractivity contribution is 8.06. The van der Waals surface area contributed by atoms with Gasteiger partial charge in [0.25, 0.3) is 0 Å². The lowest BCUT2D eigenvalue weighted by molar-refractivity contribution is 0.102. The molecule has 0 aromatic rings. The van der Waals surface area contributed by atoms with Gasteiger partial charge in [-0.15, -0.1) is 0 Å². The smallest absolute Gasteiger partial charge is 0.422 e. The first-order chi connectivity index (χ1) is 4.95. The average Bonchev–Trinajstić information content (AvgIpc) is 1.84. The highest BCUT2D eigenvalue weighted by atomic mass is 35.7. The zero-order valence-electron chi connectivity index (χ0n) is 6.54. The van der Waals surface area contributed by atoms with Crippen LogP contribution in [-0.2, 0) is 14.9 Å². The Kier molecular flexibility index (Phi) is 4.44. The van der Waals surface area contributed by atoms with Crippen molar-refractivity contribution in [3.63, 3.8) is 0 Å². The first-order valence-electron chi connectivity index (χ1n) is 2.97. The topological polar surface area (TPSA) is 46.6 Å². The number of halogens is 1. The third-order valence-electron chi connectivity index (χ3n) is 0.809. The van der Waals surface area contributed by atoms with Gasteiger partial charge in [0, 0.05) is 17.7 Å². The Labute approximate surface area is 72.6 Å². The summed E-state index contributed by atoms with van der Waals surface area (Å²) in [6.07, 6.45) is -0.918. The molecular formula is C5H10ClNO3S. The molecule has 0 bridgehead atoms. The highest BCUT2D eigenvalue weighted by Gasteiger charge is 2.15. The second-order valence-corrected chi connectivity index (χ2v) is 3.89. The molecule has 11 heavy (non-hydrogen) atoms. The molecule has 0 rings (SSSR count). The van der Waals surface area contributed by atoms with Crippen LogP contribution in [0.2, 0.25) is 0 Å². The Morgan fingerprint density at radius 3 is 2.36 bits per heavy atom. The molecule has 0 aromatic carbocycles. The van der Waals surface area contributed by atoms with Gasteiger partial charge in [-0.05, 0) is 13.8 Å². The molecule has 0 aliphatic rings. The third kappa shape index (κ3) is 4.21. The number of carbonyl (C=O) groups excluding carboxylic acids is 1. The predicted molar refractivity (Wildman–Crippen MR) is 43.4 cm³/mol. The van der Waals surface area contributed by atoms with Gasteiger partial charge in [0.15, 0.2) is 0 Å². The number of rotatable bonds is 2. The summed E-state index contributed by atoms with van der Waals surface area (Å²) in [6.45, 7) is 3.39. The van der Waals surface area contributed by atoms with Gasteiger partial charge in [-0.1, -0.05) is 0 Å². The van der Waals surface area contributed by atoms with Crippen molar-refractivity contribution < 1.29 is 13.7 Å². The van der Waals surface area contributed by atoms with E-state index in [1.54, 1.807) is 13.8 Å². The lowest BCUT2D eigenvalue weighted by atomic mass is 10.5. The molecule has 1 atom stereocenters. The van der Waals surface area contributed by atoms with E-state index in [-0.39, 0.29) is 6.10 Å². The molecule has 6 heteroatoms. The minimum absolute atomic E-state index is 0.231. The van der Waals surface area contributed by atoms with E-state index in [4.69, 9.17) is 10.7 Å². The average molecular weight is 200 g/mol. The molecule has 4 nitrogen and oxygen atoms in total. The summed E-state index contributed by atoms with van der Waals surface area (Å²) in [7, 11) is 4.58. The first kappa shape index (κ1) is 10.7. The predicted octanol–water partition coefficient (Wildman–Crippen LogP) is 1.28. The normalized spacial score (nSPS) is 12.8. The van der Waals surface area contributed by atoms with Crippen molar-refractivity contribution in [3.8, 4) is 0 Å². The van der Waals surface area contributed by atoms with Crippen LogP contribution in [0.5, 0.6) is 0 Å². The Morgan fingerprint density at radius 1 is 1.64 bits per heavy atom. The van der Waals surface area contributed by atoms with Crippen molar-refractivity contribution in [2.75, 3.05) is 7.05 Å². The largest absolute Gasteiger partial charge is 0.446 e. The number of carbonyl (C=O) groups is 1. The molecule has 0 N–H and O–H groups in total. The lowest BCUT2D eigenvalue weighted by Gasteiger charge is -2.13. The Balaban J connectivity index is 3.93. The molecule has 0 aliphatic carbocycles. The second kappa shape index (κ2) is 4.56. The molecule has 1 unspecified atom stereocenters. The van der Waals surface area contributed by atoms with E-state index in [9.17, 15) is 9.00 Å². The number of amides is 1. The molecular weight excluding hydrogens is 190 g/mol. The quantitative estimate of drug-likeness (QED) is 0.630. The summed E-state index contributed by atoms with van der Waals surface area (Å²) >= 11 is 0. The van der Waals surface area contributed by atoms with Crippen molar-refractivity contribution in [1.82, 2.24) is 4.31 Å². The van der Waals surface area contributed by atoms with Crippen molar-refractivity contribution in [1.29, 1.82) is 0 Å². The van der Waals surface area contributed by atoms with Crippen molar-refractivity contribution >= 4 is 27.0 Å². The summed E-state index contributed by atoms with van der Waals surface area (Å²) < 4.78 is 16.0. The van der Waals surface area contributed by atoms with Gasteiger partial charge in [-0.2, -0.15) is 0 Å². The van der Waals surface area contributed by atoms with Gasteiger partial charge in [0.1, 0.15) is 0 Å². The van der Waals surface area contributed by atoms with Crippen LogP contribution in [0.4, 0.5) is 4.79 Å². The van der Waals surface area contributed by atoms with E-state index in [1.165, 1.54) is 7.05 Å². The maximum absolute atomic E-state index is 10.8. The monoisotopic (exact) mass is 199 g/mol. The van der Waals surface area contributed by atoms with Gasteiger partial charge < -0.3 is 4.74 Å². The van der Waals surface area contributed by atoms with E-state index in [0.717, 1.165) is 4.31 Å². The van der Waals surface area contributed by atoms with E-state index in [0.29, 0.717) is 0 Å². The molecule has 0 aromatic heterocycles. The molecule has 0 aliphatic heterocycles. The number of ether oxygens (including phenoxy) is 1. The summed E-state index contributed by atoms with van der Waals surface area (Å²) in [5.41, 5.74) is 0. The molecule has 0 heterocycles. The lowest BCUT2D eigenvalue weighted by Crippen LogP contribution is -2.28. The number of hydrogen-bond donors (Lipinski definition) is 0. The van der Waals surface area contributed by atoms with Crippen LogP contribution in [0.3, 0.4) is 0 Å². The maximum atomic E-state index is 10.8. The summed E-state index contributed by atoms with van der Waals surface area (Å²) in [6, 6.07) is 0. The fourth-order valence-electron chi connectivity index (χ4n) is 0.334. The number of nitrogens with zero attached hydrogens (tertiary/aromatic N) is 1. The molecule has 0 fully saturated rings. The van der Waals surface area contributed by atoms with Crippen LogP contribution in [-0.4, -0.2) is 27.8 Å². The van der Waals surface area contributed by atoms with Crippen LogP contribution in [0.25, 0.3) is 0 Å². The van der Waals surface area contributed by atoms with Gasteiger partial charge in [0.05, 0.1) is 6.10 Å². The first-order valence-corrected chi connectivity index (χ1v) is 4.91. The highest BCUT2D eigenvalue weighted by Crippen LogP contribution is 2.01. The third-order valence-corrected chi connectivity index (χ3v) is 2.01. The van der Waals surface area contributed by atoms with Crippen LogP contribution in [0, 0.1) is 0 Å². The summed E-state index contributed by atoms with van der Waals surface area (Å²) in [5.74, 6) is 0. The van der Waals surface area contributed by atoms with Gasteiger partial charge in [-0.3, -0.25) is 0 Å². The standard InChI is InChI=1S/C5H10ClNO3S/c1-4(2)10-5(8)7(3)11(6)9/h4H,1-3H3. The molecule has 0 saturated carbocycles. The van der Waals surface area contributed by atoms with E-state index in [2.05, 4.69) is 4.74 Å². The minimum atomic E-state index is -1.83. The van der Waals surface area contributed by atoms with Crippen molar-refractivity contribution in [2.45, 2.75) is 20.0 Å². The number of hydrogen-bond acceptors (Lipinski definition) is 3. The minimum Gasteiger partial charge on any atom is -0.446 e. The van der Waals surface area contributed by atoms with E-state index in [1.807, 2.05) is 0 Å². The van der Waals surface area contributed by atoms with E-state index >= 15 is 0 Å². The molecule has 0 radical (unpaired) electrons. The van der Waals surface area contributed by atoms with Crippen LogP contribution in [0.1, 0.15) is 13.8 Å². The van der Waals surface area contributed by atoms with E-state index < -0.39 is 16.3 Å². The summed E-state index contributed by atoms with van der Waals surface area (Å²) in [5, 5.41) is 0. The molecule has 1 amide bonds. The molecule has 0 saturated heterocycles. The fourth-order valence-corrected chi connectivity index (χ4v) is 0.664. The van der Waals surface area contributed by atoms with Crippen LogP contribution in [0.15, 0.2) is 0 Å². The van der Waals surface area contributed by atoms with Gasteiger partial charge in [0.2, 0.25) is 10.2 Å². The van der Waals surface area contributed by atoms with Crippen LogP contribution >= 0.6 is 10.7 Å². The summed E-state index contributed by atoms with van der Waals surface area (Å²) in [4.78, 5) is 10.8. The van der Waals surface area contributed by atoms with Crippen LogP contribution < -0.4 is 0 Å². The Hall–Kier alpha value is -0.290. The Morgan fingerprint density at radius 2 is 2.09 bits per heavy atom.